The average Bonchev–Trinajstić information content (AvgIpc) is 2.67. The maximum Gasteiger partial charge on any atom is 0.229 e. The third kappa shape index (κ3) is 5.07. The summed E-state index contributed by atoms with van der Waals surface area (Å²) in [5, 5.41) is 4.03. The second-order valence-corrected chi connectivity index (χ2v) is 7.36. The van der Waals surface area contributed by atoms with E-state index in [-0.39, 0.29) is 18.2 Å². The number of rotatable bonds is 5. The normalized spacial score (nSPS) is 10.5. The maximum atomic E-state index is 12.5. The first-order valence-electron chi connectivity index (χ1n) is 8.61. The van der Waals surface area contributed by atoms with Crippen molar-refractivity contribution in [3.63, 3.8) is 0 Å². The van der Waals surface area contributed by atoms with Crippen molar-refractivity contribution in [2.75, 3.05) is 10.2 Å². The SMILES string of the molecule is CC(=O)N(c1cc(NC(=O)Cc2c(Cl)cccc2Cl)ccn1)c1ccccc1Cl. The number of anilines is 3. The number of amides is 2. The Morgan fingerprint density at radius 2 is 1.62 bits per heavy atom. The molecule has 3 aromatic rings. The molecule has 5 nitrogen and oxygen atoms in total. The van der Waals surface area contributed by atoms with Crippen LogP contribution in [0.2, 0.25) is 15.1 Å². The van der Waals surface area contributed by atoms with Gasteiger partial charge in [0.05, 0.1) is 17.1 Å². The molecule has 148 valence electrons. The van der Waals surface area contributed by atoms with E-state index < -0.39 is 0 Å². The van der Waals surface area contributed by atoms with Crippen molar-refractivity contribution in [1.82, 2.24) is 4.98 Å². The van der Waals surface area contributed by atoms with E-state index in [0.29, 0.717) is 37.8 Å². The molecule has 0 spiro atoms. The Bertz CT molecular complexity index is 1050. The molecule has 2 aromatic carbocycles. The first kappa shape index (κ1) is 21.1. The Morgan fingerprint density at radius 1 is 0.966 bits per heavy atom. The maximum absolute atomic E-state index is 12.5. The third-order valence-corrected chi connectivity index (χ3v) is 5.09. The molecule has 0 aliphatic heterocycles. The number of aromatic nitrogens is 1. The van der Waals surface area contributed by atoms with Crippen LogP contribution in [-0.4, -0.2) is 16.8 Å². The van der Waals surface area contributed by atoms with E-state index in [1.54, 1.807) is 54.6 Å². The summed E-state index contributed by atoms with van der Waals surface area (Å²) < 4.78 is 0. The fourth-order valence-corrected chi connectivity index (χ4v) is 3.52. The zero-order valence-corrected chi connectivity index (χ0v) is 17.6. The van der Waals surface area contributed by atoms with Crippen molar-refractivity contribution < 1.29 is 9.59 Å². The summed E-state index contributed by atoms with van der Waals surface area (Å²) in [4.78, 5) is 30.4. The van der Waals surface area contributed by atoms with Crippen LogP contribution in [0.4, 0.5) is 17.2 Å². The molecular formula is C21H16Cl3N3O2. The van der Waals surface area contributed by atoms with Gasteiger partial charge in [0.25, 0.3) is 0 Å². The number of hydrogen-bond donors (Lipinski definition) is 1. The zero-order chi connectivity index (χ0) is 21.0. The number of halogens is 3. The first-order chi connectivity index (χ1) is 13.9. The van der Waals surface area contributed by atoms with Crippen LogP contribution in [0.3, 0.4) is 0 Å². The monoisotopic (exact) mass is 447 g/mol. The van der Waals surface area contributed by atoms with Crippen LogP contribution >= 0.6 is 34.8 Å². The van der Waals surface area contributed by atoms with Crippen molar-refractivity contribution in [3.05, 3.63) is 81.4 Å². The van der Waals surface area contributed by atoms with E-state index in [9.17, 15) is 9.59 Å². The number of hydrogen-bond acceptors (Lipinski definition) is 3. The van der Waals surface area contributed by atoms with Crippen LogP contribution in [0, 0.1) is 0 Å². The van der Waals surface area contributed by atoms with Gasteiger partial charge in [-0.05, 0) is 35.9 Å². The molecule has 0 saturated heterocycles. The highest BCUT2D eigenvalue weighted by molar-refractivity contribution is 6.36. The highest BCUT2D eigenvalue weighted by Crippen LogP contribution is 2.32. The van der Waals surface area contributed by atoms with Gasteiger partial charge in [-0.15, -0.1) is 0 Å². The zero-order valence-electron chi connectivity index (χ0n) is 15.3. The third-order valence-electron chi connectivity index (χ3n) is 4.07. The lowest BCUT2D eigenvalue weighted by atomic mass is 10.1. The molecule has 0 radical (unpaired) electrons. The molecule has 0 aliphatic rings. The Hall–Kier alpha value is -2.60. The van der Waals surface area contributed by atoms with Crippen molar-refractivity contribution in [2.45, 2.75) is 13.3 Å². The highest BCUT2D eigenvalue weighted by atomic mass is 35.5. The fraction of sp³-hybridized carbons (Fsp3) is 0.0952. The summed E-state index contributed by atoms with van der Waals surface area (Å²) in [6, 6.07) is 15.2. The molecule has 1 aromatic heterocycles. The van der Waals surface area contributed by atoms with Crippen LogP contribution in [0.25, 0.3) is 0 Å². The molecule has 0 bridgehead atoms. The Morgan fingerprint density at radius 3 is 2.28 bits per heavy atom. The largest absolute Gasteiger partial charge is 0.326 e. The van der Waals surface area contributed by atoms with Crippen LogP contribution in [-0.2, 0) is 16.0 Å². The van der Waals surface area contributed by atoms with E-state index in [4.69, 9.17) is 34.8 Å². The molecule has 1 heterocycles. The molecule has 0 atom stereocenters. The molecule has 29 heavy (non-hydrogen) atoms. The van der Waals surface area contributed by atoms with Gasteiger partial charge >= 0.3 is 0 Å². The Balaban J connectivity index is 1.84. The smallest absolute Gasteiger partial charge is 0.229 e. The van der Waals surface area contributed by atoms with Gasteiger partial charge in [0.15, 0.2) is 0 Å². The van der Waals surface area contributed by atoms with Gasteiger partial charge in [-0.3, -0.25) is 14.5 Å². The van der Waals surface area contributed by atoms with E-state index in [0.717, 1.165) is 0 Å². The summed E-state index contributed by atoms with van der Waals surface area (Å²) >= 11 is 18.5. The number of benzene rings is 2. The molecule has 0 aliphatic carbocycles. The van der Waals surface area contributed by atoms with Crippen LogP contribution in [0.5, 0.6) is 0 Å². The lowest BCUT2D eigenvalue weighted by Crippen LogP contribution is -2.24. The standard InChI is InChI=1S/C21H16Cl3N3O2/c1-13(28)27(19-8-3-2-5-18(19)24)20-11-14(9-10-25-20)26-21(29)12-15-16(22)6-4-7-17(15)23/h2-11H,12H2,1H3,(H,25,26,29). The predicted molar refractivity (Wildman–Crippen MR) is 117 cm³/mol. The van der Waals surface area contributed by atoms with E-state index in [1.165, 1.54) is 18.0 Å². The summed E-state index contributed by atoms with van der Waals surface area (Å²) in [5.74, 6) is -0.236. The number of nitrogens with zero attached hydrogens (tertiary/aromatic N) is 2. The summed E-state index contributed by atoms with van der Waals surface area (Å²) in [6.07, 6.45) is 1.51. The number of para-hydroxylation sites is 1. The first-order valence-corrected chi connectivity index (χ1v) is 9.74. The van der Waals surface area contributed by atoms with E-state index in [1.807, 2.05) is 0 Å². The van der Waals surface area contributed by atoms with Gasteiger partial charge in [-0.25, -0.2) is 4.98 Å². The van der Waals surface area contributed by atoms with E-state index >= 15 is 0 Å². The molecule has 8 heteroatoms. The molecule has 2 amide bonds. The van der Waals surface area contributed by atoms with Gasteiger partial charge in [0.1, 0.15) is 5.82 Å². The molecule has 3 rings (SSSR count). The van der Waals surface area contributed by atoms with Crippen molar-refractivity contribution in [2.24, 2.45) is 0 Å². The minimum Gasteiger partial charge on any atom is -0.326 e. The minimum atomic E-state index is -0.302. The van der Waals surface area contributed by atoms with Crippen LogP contribution in [0.1, 0.15) is 12.5 Å². The number of nitrogens with one attached hydrogen (secondary N) is 1. The van der Waals surface area contributed by atoms with Crippen LogP contribution < -0.4 is 10.2 Å². The van der Waals surface area contributed by atoms with Gasteiger partial charge in [-0.2, -0.15) is 0 Å². The molecule has 1 N–H and O–H groups in total. The average molecular weight is 449 g/mol. The Labute approximate surface area is 183 Å². The quantitative estimate of drug-likeness (QED) is 0.528. The lowest BCUT2D eigenvalue weighted by molar-refractivity contribution is -0.116. The Kier molecular flexibility index (Phi) is 6.75. The van der Waals surface area contributed by atoms with Crippen LogP contribution in [0.15, 0.2) is 60.8 Å². The number of pyridine rings is 1. The lowest BCUT2D eigenvalue weighted by Gasteiger charge is -2.21. The van der Waals surface area contributed by atoms with Gasteiger partial charge in [0.2, 0.25) is 11.8 Å². The fourth-order valence-electron chi connectivity index (χ4n) is 2.77. The van der Waals surface area contributed by atoms with Crippen molar-refractivity contribution in [1.29, 1.82) is 0 Å². The topological polar surface area (TPSA) is 62.3 Å². The second kappa shape index (κ2) is 9.27. The van der Waals surface area contributed by atoms with Crippen molar-refractivity contribution in [3.8, 4) is 0 Å². The van der Waals surface area contributed by atoms with Gasteiger partial charge in [0, 0.05) is 34.9 Å². The number of carbonyl (C=O) groups is 2. The highest BCUT2D eigenvalue weighted by Gasteiger charge is 2.19. The molecule has 0 saturated carbocycles. The van der Waals surface area contributed by atoms with Gasteiger partial charge < -0.3 is 5.32 Å². The summed E-state index contributed by atoms with van der Waals surface area (Å²) in [6.45, 7) is 1.41. The summed E-state index contributed by atoms with van der Waals surface area (Å²) in [7, 11) is 0. The minimum absolute atomic E-state index is 0.0110. The van der Waals surface area contributed by atoms with Crippen molar-refractivity contribution >= 4 is 63.8 Å². The van der Waals surface area contributed by atoms with E-state index in [2.05, 4.69) is 10.3 Å². The van der Waals surface area contributed by atoms with Gasteiger partial charge in [-0.1, -0.05) is 53.0 Å². The molecule has 0 unspecified atom stereocenters. The number of carbonyl (C=O) groups excluding carboxylic acids is 2. The molecular weight excluding hydrogens is 433 g/mol. The summed E-state index contributed by atoms with van der Waals surface area (Å²) in [5.41, 5.74) is 1.52. The predicted octanol–water partition coefficient (Wildman–Crippen LogP) is 5.91. The second-order valence-electron chi connectivity index (χ2n) is 6.13. The molecule has 0 fully saturated rings.